The molecule has 9 rings (SSSR count). The van der Waals surface area contributed by atoms with Gasteiger partial charge in [0.1, 0.15) is 21.9 Å². The number of furan rings is 1. The first-order chi connectivity index (χ1) is 29.7. The van der Waals surface area contributed by atoms with E-state index < -0.39 is 0 Å². The number of benzene rings is 7. The highest BCUT2D eigenvalue weighted by molar-refractivity contribution is 7.21. The first-order valence-corrected chi connectivity index (χ1v) is 22.7. The van der Waals surface area contributed by atoms with E-state index in [4.69, 9.17) is 14.4 Å². The topological polar surface area (TPSA) is 58.6 Å². The Morgan fingerprint density at radius 1 is 0.629 bits per heavy atom. The van der Waals surface area contributed by atoms with E-state index in [2.05, 4.69) is 147 Å². The number of nitrogens with zero attached hydrogens (tertiary/aromatic N) is 2. The number of hydrogen-bond donors (Lipinski definition) is 1. The molecule has 0 saturated heterocycles. The molecule has 5 heteroatoms. The van der Waals surface area contributed by atoms with Crippen LogP contribution in [-0.2, 0) is 5.41 Å². The molecule has 62 heavy (non-hydrogen) atoms. The molecule has 2 aromatic heterocycles. The SMILES string of the molecule is CC(C)c1cc(C(C)C)c(-c2ccc(-c3cc(-c4cccc5c4oc4ccccc45)c4nc(-c5ccccc5N=Cc5cc(C(C)(C)C)ccc5O)sc4c3)cc2)c(C(C)C)c1. The first-order valence-electron chi connectivity index (χ1n) is 21.9. The number of aliphatic imine (C=N–C) groups is 1. The van der Waals surface area contributed by atoms with Gasteiger partial charge in [-0.15, -0.1) is 11.3 Å². The molecule has 0 spiro atoms. The summed E-state index contributed by atoms with van der Waals surface area (Å²) < 4.78 is 7.72. The van der Waals surface area contributed by atoms with Gasteiger partial charge < -0.3 is 9.52 Å². The van der Waals surface area contributed by atoms with Crippen molar-refractivity contribution in [2.24, 2.45) is 4.99 Å². The maximum atomic E-state index is 10.8. The number of thiazole rings is 1. The fourth-order valence-corrected chi connectivity index (χ4v) is 9.69. The summed E-state index contributed by atoms with van der Waals surface area (Å²) in [6.07, 6.45) is 1.76. The predicted molar refractivity (Wildman–Crippen MR) is 265 cm³/mol. The van der Waals surface area contributed by atoms with Gasteiger partial charge in [0.2, 0.25) is 0 Å². The molecular formula is C57H54N2O2S. The molecule has 0 amide bonds. The largest absolute Gasteiger partial charge is 0.507 e. The van der Waals surface area contributed by atoms with Crippen LogP contribution in [0.5, 0.6) is 5.75 Å². The van der Waals surface area contributed by atoms with Crippen LogP contribution in [0.15, 0.2) is 143 Å². The van der Waals surface area contributed by atoms with Crippen LogP contribution in [0.3, 0.4) is 0 Å². The summed E-state index contributed by atoms with van der Waals surface area (Å²) in [6, 6.07) is 47.2. The minimum Gasteiger partial charge on any atom is -0.507 e. The van der Waals surface area contributed by atoms with Crippen LogP contribution in [0, 0.1) is 0 Å². The van der Waals surface area contributed by atoms with Gasteiger partial charge in [0.15, 0.2) is 0 Å². The number of phenolic OH excluding ortho intramolecular Hbond substituents is 1. The standard InChI is InChI=1S/C57H54N2O2S/c1-33(2)38-28-46(34(3)4)53(47(29-38)35(5)6)37-23-21-36(22-24-37)39-30-48(44-18-14-17-43-42-15-11-13-20-51(42)61-55(43)44)54-52(31-39)62-56(59-54)45-16-10-12-19-49(45)58-32-40-27-41(57(7,8)9)25-26-50(40)60/h10-35,60H,1-9H3. The highest BCUT2D eigenvalue weighted by Crippen LogP contribution is 2.45. The Kier molecular flexibility index (Phi) is 10.7. The summed E-state index contributed by atoms with van der Waals surface area (Å²) in [7, 11) is 0. The summed E-state index contributed by atoms with van der Waals surface area (Å²) in [5, 5.41) is 13.9. The van der Waals surface area contributed by atoms with Crippen LogP contribution in [-0.4, -0.2) is 16.3 Å². The van der Waals surface area contributed by atoms with E-state index in [9.17, 15) is 5.11 Å². The second-order valence-electron chi connectivity index (χ2n) is 18.6. The highest BCUT2D eigenvalue weighted by Gasteiger charge is 2.22. The lowest BCUT2D eigenvalue weighted by Crippen LogP contribution is -2.11. The average molecular weight is 831 g/mol. The second kappa shape index (κ2) is 16.2. The number of phenols is 1. The third-order valence-corrected chi connectivity index (χ3v) is 13.2. The Morgan fingerprint density at radius 2 is 1.29 bits per heavy atom. The van der Waals surface area contributed by atoms with Gasteiger partial charge in [0, 0.05) is 39.2 Å². The lowest BCUT2D eigenvalue weighted by atomic mass is 9.81. The molecule has 0 atom stereocenters. The van der Waals surface area contributed by atoms with Crippen molar-refractivity contribution >= 4 is 55.4 Å². The van der Waals surface area contributed by atoms with Crippen molar-refractivity contribution in [3.8, 4) is 49.7 Å². The molecule has 0 aliphatic carbocycles. The number of aromatic nitrogens is 1. The predicted octanol–water partition coefficient (Wildman–Crippen LogP) is 17.0. The third kappa shape index (κ3) is 7.64. The molecule has 0 aliphatic rings. The molecule has 0 fully saturated rings. The van der Waals surface area contributed by atoms with E-state index in [0.717, 1.165) is 76.2 Å². The maximum absolute atomic E-state index is 10.8. The molecule has 0 aliphatic heterocycles. The fraction of sp³-hybridized carbons (Fsp3) is 0.228. The van der Waals surface area contributed by atoms with Crippen molar-refractivity contribution in [1.29, 1.82) is 0 Å². The molecule has 4 nitrogen and oxygen atoms in total. The number of fused-ring (bicyclic) bond motifs is 4. The number of aromatic hydroxyl groups is 1. The number of para-hydroxylation sites is 3. The van der Waals surface area contributed by atoms with Crippen molar-refractivity contribution < 1.29 is 9.52 Å². The monoisotopic (exact) mass is 830 g/mol. The maximum Gasteiger partial charge on any atom is 0.143 e. The summed E-state index contributed by atoms with van der Waals surface area (Å²) in [5.74, 6) is 1.47. The highest BCUT2D eigenvalue weighted by atomic mass is 32.1. The lowest BCUT2D eigenvalue weighted by molar-refractivity contribution is 0.473. The summed E-state index contributed by atoms with van der Waals surface area (Å²) in [5.41, 5.74) is 17.2. The summed E-state index contributed by atoms with van der Waals surface area (Å²) in [6.45, 7) is 20.3. The quantitative estimate of drug-likeness (QED) is 0.147. The van der Waals surface area contributed by atoms with Gasteiger partial charge in [0.25, 0.3) is 0 Å². The van der Waals surface area contributed by atoms with Gasteiger partial charge in [-0.25, -0.2) is 4.98 Å². The van der Waals surface area contributed by atoms with E-state index >= 15 is 0 Å². The molecule has 0 saturated carbocycles. The van der Waals surface area contributed by atoms with E-state index in [-0.39, 0.29) is 11.2 Å². The zero-order valence-electron chi connectivity index (χ0n) is 37.2. The molecule has 2 heterocycles. The van der Waals surface area contributed by atoms with Crippen LogP contribution in [0.1, 0.15) is 108 Å². The Morgan fingerprint density at radius 3 is 2.00 bits per heavy atom. The zero-order chi connectivity index (χ0) is 43.4. The smallest absolute Gasteiger partial charge is 0.143 e. The number of hydrogen-bond acceptors (Lipinski definition) is 5. The molecule has 7 aromatic carbocycles. The second-order valence-corrected chi connectivity index (χ2v) is 19.6. The van der Waals surface area contributed by atoms with Gasteiger partial charge in [-0.2, -0.15) is 0 Å². The minimum atomic E-state index is -0.0608. The van der Waals surface area contributed by atoms with Crippen molar-refractivity contribution in [2.75, 3.05) is 0 Å². The van der Waals surface area contributed by atoms with Crippen molar-refractivity contribution in [1.82, 2.24) is 4.98 Å². The molecule has 1 N–H and O–H groups in total. The lowest BCUT2D eigenvalue weighted by Gasteiger charge is -2.23. The van der Waals surface area contributed by atoms with E-state index in [1.807, 2.05) is 42.5 Å². The van der Waals surface area contributed by atoms with E-state index in [0.29, 0.717) is 23.3 Å². The Balaban J connectivity index is 1.20. The van der Waals surface area contributed by atoms with Gasteiger partial charge >= 0.3 is 0 Å². The Hall–Kier alpha value is -6.30. The Bertz CT molecular complexity index is 3120. The minimum absolute atomic E-state index is 0.0608. The molecule has 9 aromatic rings. The fourth-order valence-electron chi connectivity index (χ4n) is 8.63. The van der Waals surface area contributed by atoms with E-state index in [1.54, 1.807) is 23.6 Å². The van der Waals surface area contributed by atoms with Crippen molar-refractivity contribution in [3.63, 3.8) is 0 Å². The van der Waals surface area contributed by atoms with Gasteiger partial charge in [-0.3, -0.25) is 4.99 Å². The van der Waals surface area contributed by atoms with Gasteiger partial charge in [-0.05, 0) is 110 Å². The molecule has 0 unspecified atom stereocenters. The zero-order valence-corrected chi connectivity index (χ0v) is 38.0. The van der Waals surface area contributed by atoms with Crippen LogP contribution in [0.25, 0.3) is 76.1 Å². The molecule has 0 bridgehead atoms. The molecule has 0 radical (unpaired) electrons. The van der Waals surface area contributed by atoms with Crippen LogP contribution >= 0.6 is 11.3 Å². The van der Waals surface area contributed by atoms with Gasteiger partial charge in [-0.1, -0.05) is 153 Å². The molecular weight excluding hydrogens is 777 g/mol. The van der Waals surface area contributed by atoms with Crippen LogP contribution in [0.2, 0.25) is 0 Å². The van der Waals surface area contributed by atoms with Crippen molar-refractivity contribution in [3.05, 3.63) is 161 Å². The van der Waals surface area contributed by atoms with Crippen LogP contribution in [0.4, 0.5) is 5.69 Å². The van der Waals surface area contributed by atoms with Crippen LogP contribution < -0.4 is 0 Å². The molecule has 310 valence electrons. The summed E-state index contributed by atoms with van der Waals surface area (Å²) in [4.78, 5) is 10.4. The number of rotatable bonds is 9. The first kappa shape index (κ1) is 41.1. The third-order valence-electron chi connectivity index (χ3n) is 12.2. The normalized spacial score (nSPS) is 12.4. The summed E-state index contributed by atoms with van der Waals surface area (Å²) >= 11 is 1.67. The Labute approximate surface area is 369 Å². The van der Waals surface area contributed by atoms with E-state index in [1.165, 1.54) is 27.8 Å². The van der Waals surface area contributed by atoms with Gasteiger partial charge in [0.05, 0.1) is 15.9 Å². The average Bonchev–Trinajstić information content (AvgIpc) is 3.87. The van der Waals surface area contributed by atoms with Crippen molar-refractivity contribution in [2.45, 2.75) is 85.5 Å².